The Morgan fingerprint density at radius 3 is 2.22 bits per heavy atom. The van der Waals surface area contributed by atoms with Gasteiger partial charge in [0.1, 0.15) is 0 Å². The van der Waals surface area contributed by atoms with Crippen LogP contribution in [0.1, 0.15) is 72.0 Å². The molecular weight excluding hydrogens is 567 g/mol. The molecule has 1 aromatic carbocycles. The van der Waals surface area contributed by atoms with Gasteiger partial charge in [-0.1, -0.05) is 44.0 Å². The number of aromatic nitrogens is 1. The molecule has 0 saturated heterocycles. The van der Waals surface area contributed by atoms with Gasteiger partial charge in [-0.2, -0.15) is 0 Å². The summed E-state index contributed by atoms with van der Waals surface area (Å²) in [6, 6.07) is 6.16. The van der Waals surface area contributed by atoms with Crippen molar-refractivity contribution in [2.45, 2.75) is 46.5 Å². The summed E-state index contributed by atoms with van der Waals surface area (Å²) in [5.41, 5.74) is 2.29. The van der Waals surface area contributed by atoms with E-state index in [4.69, 9.17) is 27.9 Å². The van der Waals surface area contributed by atoms with Gasteiger partial charge in [-0.15, -0.1) is 0 Å². The normalized spacial score (nSPS) is 11.4. The van der Waals surface area contributed by atoms with Gasteiger partial charge in [-0.25, -0.2) is 4.79 Å². The Hall–Kier alpha value is -2.06. The fourth-order valence-corrected chi connectivity index (χ4v) is 5.74. The van der Waals surface area contributed by atoms with Crippen LogP contribution in [0.25, 0.3) is 5.52 Å². The predicted molar refractivity (Wildman–Crippen MR) is 148 cm³/mol. The van der Waals surface area contributed by atoms with Crippen LogP contribution in [0.15, 0.2) is 34.9 Å². The predicted octanol–water partition coefficient (Wildman–Crippen LogP) is 7.39. The van der Waals surface area contributed by atoms with Crippen molar-refractivity contribution in [1.29, 1.82) is 0 Å². The molecule has 0 amide bonds. The summed E-state index contributed by atoms with van der Waals surface area (Å²) in [7, 11) is 0. The zero-order valence-electron chi connectivity index (χ0n) is 20.7. The number of fused-ring (bicyclic) bond motifs is 1. The summed E-state index contributed by atoms with van der Waals surface area (Å²) in [6.45, 7) is 9.82. The quantitative estimate of drug-likeness (QED) is 0.164. The van der Waals surface area contributed by atoms with Crippen molar-refractivity contribution in [3.8, 4) is 5.75 Å². The monoisotopic (exact) mass is 596 g/mol. The van der Waals surface area contributed by atoms with E-state index in [2.05, 4.69) is 34.7 Å². The van der Waals surface area contributed by atoms with E-state index in [1.54, 1.807) is 28.8 Å². The molecular formula is C27H31BrCl2N2O4. The molecule has 3 aromatic rings. The van der Waals surface area contributed by atoms with Crippen molar-refractivity contribution in [3.63, 3.8) is 0 Å². The van der Waals surface area contributed by atoms with Gasteiger partial charge in [0.15, 0.2) is 5.75 Å². The maximum atomic E-state index is 13.6. The van der Waals surface area contributed by atoms with E-state index in [-0.39, 0.29) is 21.4 Å². The molecule has 194 valence electrons. The number of hydrogen-bond donors (Lipinski definition) is 1. The van der Waals surface area contributed by atoms with Crippen molar-refractivity contribution < 1.29 is 19.4 Å². The van der Waals surface area contributed by atoms with E-state index >= 15 is 0 Å². The Morgan fingerprint density at radius 2 is 1.67 bits per heavy atom. The molecule has 3 rings (SSSR count). The van der Waals surface area contributed by atoms with Crippen molar-refractivity contribution >= 4 is 56.4 Å². The van der Waals surface area contributed by atoms with Crippen molar-refractivity contribution in [2.24, 2.45) is 0 Å². The van der Waals surface area contributed by atoms with E-state index in [1.807, 2.05) is 6.92 Å². The van der Waals surface area contributed by atoms with E-state index < -0.39 is 5.97 Å². The zero-order chi connectivity index (χ0) is 26.4. The van der Waals surface area contributed by atoms with Crippen LogP contribution in [0.3, 0.4) is 0 Å². The molecule has 0 aliphatic heterocycles. The standard InChI is InChI=1S/C27H31BrCl2N2O4/c1-4-9-31(10-5-2)11-7-13-36-26-20(29)14-18(15-21(26)30)25(33)24-19(6-3)23(28)22-16-17(27(34)35)8-12-32(22)24/h8,12,14-16H,4-7,9-11,13H2,1-3H3,(H,34,35). The first-order chi connectivity index (χ1) is 17.2. The lowest BCUT2D eigenvalue weighted by Crippen LogP contribution is -2.27. The second-order valence-electron chi connectivity index (χ2n) is 8.61. The lowest BCUT2D eigenvalue weighted by Gasteiger charge is -2.21. The average molecular weight is 598 g/mol. The van der Waals surface area contributed by atoms with Gasteiger partial charge in [0, 0.05) is 22.8 Å². The summed E-state index contributed by atoms with van der Waals surface area (Å²) in [5, 5.41) is 9.91. The Morgan fingerprint density at radius 1 is 1.03 bits per heavy atom. The molecule has 0 radical (unpaired) electrons. The largest absolute Gasteiger partial charge is 0.490 e. The third kappa shape index (κ3) is 6.25. The first-order valence-corrected chi connectivity index (χ1v) is 13.7. The van der Waals surface area contributed by atoms with E-state index in [1.165, 1.54) is 6.07 Å². The molecule has 2 heterocycles. The SMILES string of the molecule is CCCN(CCC)CCCOc1c(Cl)cc(C(=O)c2c(CC)c(Br)c3cc(C(=O)O)ccn23)cc1Cl. The van der Waals surface area contributed by atoms with Crippen LogP contribution in [0.2, 0.25) is 10.0 Å². The van der Waals surface area contributed by atoms with Gasteiger partial charge in [-0.3, -0.25) is 4.79 Å². The topological polar surface area (TPSA) is 71.2 Å². The molecule has 1 N–H and O–H groups in total. The summed E-state index contributed by atoms with van der Waals surface area (Å²) in [4.78, 5) is 27.5. The molecule has 2 aromatic heterocycles. The Balaban J connectivity index is 1.84. The van der Waals surface area contributed by atoms with E-state index in [9.17, 15) is 14.7 Å². The molecule has 6 nitrogen and oxygen atoms in total. The maximum absolute atomic E-state index is 13.6. The van der Waals surface area contributed by atoms with E-state index in [0.29, 0.717) is 40.0 Å². The number of nitrogens with zero attached hydrogens (tertiary/aromatic N) is 2. The van der Waals surface area contributed by atoms with Gasteiger partial charge in [0.05, 0.1) is 33.4 Å². The number of carboxylic acid groups (broad SMARTS) is 1. The maximum Gasteiger partial charge on any atom is 0.335 e. The highest BCUT2D eigenvalue weighted by atomic mass is 79.9. The number of hydrogen-bond acceptors (Lipinski definition) is 4. The van der Waals surface area contributed by atoms with Crippen LogP contribution in [-0.2, 0) is 6.42 Å². The van der Waals surface area contributed by atoms with Gasteiger partial charge < -0.3 is 19.1 Å². The Bertz CT molecular complexity index is 1230. The van der Waals surface area contributed by atoms with Crippen molar-refractivity contribution in [3.05, 3.63) is 67.4 Å². The van der Waals surface area contributed by atoms with Crippen molar-refractivity contribution in [2.75, 3.05) is 26.2 Å². The molecule has 0 aliphatic rings. The van der Waals surface area contributed by atoms with Crippen LogP contribution in [0, 0.1) is 0 Å². The minimum Gasteiger partial charge on any atom is -0.490 e. The zero-order valence-corrected chi connectivity index (χ0v) is 23.8. The molecule has 0 aliphatic carbocycles. The van der Waals surface area contributed by atoms with E-state index in [0.717, 1.165) is 44.5 Å². The van der Waals surface area contributed by atoms with Crippen LogP contribution in [0.4, 0.5) is 0 Å². The number of pyridine rings is 1. The molecule has 0 unspecified atom stereocenters. The third-order valence-corrected chi connectivity index (χ3v) is 7.44. The lowest BCUT2D eigenvalue weighted by molar-refractivity contribution is 0.0696. The number of carboxylic acids is 1. The molecule has 0 atom stereocenters. The Labute approximate surface area is 230 Å². The number of carbonyl (C=O) groups excluding carboxylic acids is 1. The van der Waals surface area contributed by atoms with Crippen molar-refractivity contribution in [1.82, 2.24) is 9.30 Å². The highest BCUT2D eigenvalue weighted by molar-refractivity contribution is 9.10. The molecule has 9 heteroatoms. The van der Waals surface area contributed by atoms with Gasteiger partial charge in [0.25, 0.3) is 0 Å². The fraction of sp³-hybridized carbons (Fsp3) is 0.407. The smallest absolute Gasteiger partial charge is 0.335 e. The van der Waals surface area contributed by atoms with Crippen LogP contribution >= 0.6 is 39.1 Å². The summed E-state index contributed by atoms with van der Waals surface area (Å²) in [5.74, 6) is -0.926. The molecule has 0 bridgehead atoms. The second-order valence-corrected chi connectivity index (χ2v) is 10.2. The second kappa shape index (κ2) is 13.0. The first-order valence-electron chi connectivity index (χ1n) is 12.2. The number of carbonyl (C=O) groups is 2. The highest BCUT2D eigenvalue weighted by Crippen LogP contribution is 2.37. The highest BCUT2D eigenvalue weighted by Gasteiger charge is 2.24. The number of ether oxygens (including phenoxy) is 1. The summed E-state index contributed by atoms with van der Waals surface area (Å²) in [6.07, 6.45) is 5.23. The Kier molecular flexibility index (Phi) is 10.3. The first kappa shape index (κ1) is 28.5. The minimum absolute atomic E-state index is 0.141. The summed E-state index contributed by atoms with van der Waals surface area (Å²) >= 11 is 16.6. The number of aromatic carboxylic acids is 1. The van der Waals surface area contributed by atoms with Crippen LogP contribution < -0.4 is 4.74 Å². The van der Waals surface area contributed by atoms with Crippen LogP contribution in [0.5, 0.6) is 5.75 Å². The number of ketones is 1. The molecule has 36 heavy (non-hydrogen) atoms. The lowest BCUT2D eigenvalue weighted by atomic mass is 10.0. The van der Waals surface area contributed by atoms with Gasteiger partial charge in [0.2, 0.25) is 5.78 Å². The number of benzene rings is 1. The average Bonchev–Trinajstić information content (AvgIpc) is 3.13. The minimum atomic E-state index is -1.03. The number of halogens is 3. The summed E-state index contributed by atoms with van der Waals surface area (Å²) < 4.78 is 8.28. The molecule has 0 fully saturated rings. The molecule has 0 saturated carbocycles. The molecule has 0 spiro atoms. The third-order valence-electron chi connectivity index (χ3n) is 5.99. The number of rotatable bonds is 13. The van der Waals surface area contributed by atoms with Crippen LogP contribution in [-0.4, -0.2) is 52.4 Å². The van der Waals surface area contributed by atoms with Gasteiger partial charge >= 0.3 is 5.97 Å². The van der Waals surface area contributed by atoms with Gasteiger partial charge in [-0.05, 0) is 84.5 Å². The fourth-order valence-electron chi connectivity index (χ4n) is 4.37.